The van der Waals surface area contributed by atoms with Crippen LogP contribution in [0.25, 0.3) is 22.3 Å². The van der Waals surface area contributed by atoms with Crippen molar-refractivity contribution in [2.45, 2.75) is 65.7 Å². The minimum Gasteiger partial charge on any atom is -0.508 e. The van der Waals surface area contributed by atoms with Crippen LogP contribution in [0.4, 0.5) is 0 Å². The topological polar surface area (TPSA) is 209 Å². The number of carbonyl (C=O) groups excluding carboxylic acids is 1. The molecule has 0 saturated heterocycles. The Kier molecular flexibility index (Phi) is 10.6. The number of benzene rings is 4. The summed E-state index contributed by atoms with van der Waals surface area (Å²) in [5, 5.41) is 87.4. The lowest BCUT2D eigenvalue weighted by molar-refractivity contribution is 0.0877. The summed E-state index contributed by atoms with van der Waals surface area (Å²) in [6, 6.07) is 11.4. The second-order valence-electron chi connectivity index (χ2n) is 14.9. The van der Waals surface area contributed by atoms with Gasteiger partial charge in [-0.1, -0.05) is 41.0 Å². The van der Waals surface area contributed by atoms with Crippen LogP contribution in [0.2, 0.25) is 0 Å². The van der Waals surface area contributed by atoms with Gasteiger partial charge in [0.2, 0.25) is 5.43 Å². The van der Waals surface area contributed by atoms with Crippen LogP contribution in [0.5, 0.6) is 46.0 Å². The summed E-state index contributed by atoms with van der Waals surface area (Å²) in [6.45, 7) is 9.17. The fourth-order valence-electron chi connectivity index (χ4n) is 7.60. The van der Waals surface area contributed by atoms with E-state index < -0.39 is 52.0 Å². The standard InChI is InChI=1S/C45H44O11/c1-21(2)6-10-27-33(48)15-14-29(41(27)53)42(54)38-31(26-12-8-24(46)18-34(26)49)16-23(5)17-32(38)39-36(51)20-37(52)40-43(55)30(11-7-22(3)4)44(56-45(39)40)28-13-9-25(47)19-35(28)50/h6-9,12-15,17-20,31-32,38,46-53H,10-11,16H2,1-5H3/t31-,32-,38-/m1/s1. The van der Waals surface area contributed by atoms with Crippen LogP contribution >= 0.6 is 0 Å². The van der Waals surface area contributed by atoms with Gasteiger partial charge in [0.15, 0.2) is 5.78 Å². The van der Waals surface area contributed by atoms with Gasteiger partial charge in [0.1, 0.15) is 62.7 Å². The molecule has 1 aromatic heterocycles. The third-order valence-electron chi connectivity index (χ3n) is 10.3. The van der Waals surface area contributed by atoms with Crippen molar-refractivity contribution in [2.75, 3.05) is 0 Å². The molecule has 6 rings (SSSR count). The van der Waals surface area contributed by atoms with Gasteiger partial charge in [0.25, 0.3) is 0 Å². The zero-order chi connectivity index (χ0) is 40.7. The molecule has 11 heteroatoms. The van der Waals surface area contributed by atoms with Crippen LogP contribution < -0.4 is 5.43 Å². The van der Waals surface area contributed by atoms with Crippen LogP contribution in [0.1, 0.15) is 85.5 Å². The number of Topliss-reactive ketones (excluding diaryl/α,β-unsaturated/α-hetero) is 1. The zero-order valence-corrected chi connectivity index (χ0v) is 31.6. The highest BCUT2D eigenvalue weighted by Crippen LogP contribution is 2.53. The van der Waals surface area contributed by atoms with E-state index in [1.54, 1.807) is 25.2 Å². The monoisotopic (exact) mass is 760 g/mol. The number of hydrogen-bond acceptors (Lipinski definition) is 11. The first-order valence-corrected chi connectivity index (χ1v) is 18.1. The first-order valence-electron chi connectivity index (χ1n) is 18.1. The Hall–Kier alpha value is -6.62. The molecule has 0 spiro atoms. The van der Waals surface area contributed by atoms with E-state index >= 15 is 4.79 Å². The molecule has 1 aliphatic rings. The minimum atomic E-state index is -1.24. The maximum atomic E-state index is 15.1. The van der Waals surface area contributed by atoms with Crippen molar-refractivity contribution in [2.24, 2.45) is 5.92 Å². The second-order valence-corrected chi connectivity index (χ2v) is 14.9. The molecule has 290 valence electrons. The molecular weight excluding hydrogens is 716 g/mol. The van der Waals surface area contributed by atoms with Crippen LogP contribution in [-0.4, -0.2) is 46.6 Å². The Bertz CT molecular complexity index is 2550. The van der Waals surface area contributed by atoms with Crippen molar-refractivity contribution in [1.82, 2.24) is 0 Å². The first-order chi connectivity index (χ1) is 26.5. The molecule has 56 heavy (non-hydrogen) atoms. The van der Waals surface area contributed by atoms with Crippen molar-refractivity contribution >= 4 is 16.8 Å². The number of allylic oxidation sites excluding steroid dienone is 6. The van der Waals surface area contributed by atoms with E-state index in [-0.39, 0.29) is 92.4 Å². The lowest BCUT2D eigenvalue weighted by Crippen LogP contribution is -2.32. The molecule has 8 N–H and O–H groups in total. The molecule has 1 heterocycles. The largest absolute Gasteiger partial charge is 0.508 e. The molecule has 1 aliphatic carbocycles. The summed E-state index contributed by atoms with van der Waals surface area (Å²) in [5.74, 6) is -6.93. The SMILES string of the molecule is CC(C)=CCc1c(O)ccc(C(=O)[C@@H]2[C@@H](c3ccc(O)cc3O)CC(C)=C[C@H]2c2c(O)cc(O)c3c(=O)c(CC=C(C)C)c(-c4ccc(O)cc4O)oc23)c1O. The minimum absolute atomic E-state index is 0.0346. The number of hydrogen-bond donors (Lipinski definition) is 8. The van der Waals surface area contributed by atoms with Crippen molar-refractivity contribution in [3.8, 4) is 57.3 Å². The van der Waals surface area contributed by atoms with Crippen LogP contribution in [0.15, 0.2) is 98.8 Å². The van der Waals surface area contributed by atoms with E-state index in [1.807, 2.05) is 27.7 Å². The van der Waals surface area contributed by atoms with Gasteiger partial charge in [-0.05, 0) is 89.8 Å². The Morgan fingerprint density at radius 3 is 1.98 bits per heavy atom. The molecule has 0 bridgehead atoms. The number of fused-ring (bicyclic) bond motifs is 1. The van der Waals surface area contributed by atoms with Gasteiger partial charge in [-0.2, -0.15) is 0 Å². The zero-order valence-electron chi connectivity index (χ0n) is 31.6. The molecule has 0 unspecified atom stereocenters. The summed E-state index contributed by atoms with van der Waals surface area (Å²) in [4.78, 5) is 29.6. The van der Waals surface area contributed by atoms with Crippen molar-refractivity contribution in [1.29, 1.82) is 0 Å². The Morgan fingerprint density at radius 2 is 1.36 bits per heavy atom. The molecule has 0 amide bonds. The van der Waals surface area contributed by atoms with Gasteiger partial charge in [-0.25, -0.2) is 0 Å². The summed E-state index contributed by atoms with van der Waals surface area (Å²) in [6.07, 6.45) is 5.64. The van der Waals surface area contributed by atoms with Gasteiger partial charge < -0.3 is 45.3 Å². The highest BCUT2D eigenvalue weighted by atomic mass is 16.3. The third kappa shape index (κ3) is 7.27. The molecule has 0 fully saturated rings. The number of rotatable bonds is 9. The number of phenols is 8. The lowest BCUT2D eigenvalue weighted by atomic mass is 9.65. The van der Waals surface area contributed by atoms with E-state index in [0.29, 0.717) is 0 Å². The maximum Gasteiger partial charge on any atom is 0.200 e. The Balaban J connectivity index is 1.69. The molecule has 5 aromatic rings. The number of carbonyl (C=O) groups is 1. The van der Waals surface area contributed by atoms with Gasteiger partial charge in [-0.15, -0.1) is 0 Å². The molecule has 3 atom stereocenters. The highest BCUT2D eigenvalue weighted by Gasteiger charge is 2.44. The lowest BCUT2D eigenvalue weighted by Gasteiger charge is -2.37. The Labute approximate surface area is 322 Å². The number of ketones is 1. The molecule has 0 saturated carbocycles. The fraction of sp³-hybridized carbons (Fsp3) is 0.244. The molecule has 11 nitrogen and oxygen atoms in total. The average molecular weight is 761 g/mol. The predicted molar refractivity (Wildman–Crippen MR) is 212 cm³/mol. The fourth-order valence-corrected chi connectivity index (χ4v) is 7.60. The predicted octanol–water partition coefficient (Wildman–Crippen LogP) is 8.84. The van der Waals surface area contributed by atoms with Gasteiger partial charge in [0.05, 0.1) is 11.1 Å². The van der Waals surface area contributed by atoms with Gasteiger partial charge in [0, 0.05) is 52.6 Å². The summed E-state index contributed by atoms with van der Waals surface area (Å²) in [7, 11) is 0. The Morgan fingerprint density at radius 1 is 0.732 bits per heavy atom. The molecule has 4 aromatic carbocycles. The van der Waals surface area contributed by atoms with E-state index in [1.165, 1.54) is 36.4 Å². The van der Waals surface area contributed by atoms with E-state index in [2.05, 4.69) is 0 Å². The first kappa shape index (κ1) is 39.1. The van der Waals surface area contributed by atoms with Crippen LogP contribution in [0, 0.1) is 5.92 Å². The number of aromatic hydroxyl groups is 8. The van der Waals surface area contributed by atoms with Crippen molar-refractivity contribution in [3.63, 3.8) is 0 Å². The molecule has 0 radical (unpaired) electrons. The van der Waals surface area contributed by atoms with Crippen molar-refractivity contribution in [3.05, 3.63) is 128 Å². The molecular formula is C45H44O11. The third-order valence-corrected chi connectivity index (χ3v) is 10.3. The number of phenolic OH excluding ortho intramolecular Hbond substituents is 8. The molecule has 0 aliphatic heterocycles. The normalized spacial score (nSPS) is 16.7. The van der Waals surface area contributed by atoms with Gasteiger partial charge in [-0.3, -0.25) is 9.59 Å². The average Bonchev–Trinajstić information content (AvgIpc) is 3.10. The van der Waals surface area contributed by atoms with E-state index in [4.69, 9.17) is 4.42 Å². The van der Waals surface area contributed by atoms with Crippen LogP contribution in [-0.2, 0) is 12.8 Å². The summed E-state index contributed by atoms with van der Waals surface area (Å²) >= 11 is 0. The highest BCUT2D eigenvalue weighted by molar-refractivity contribution is 6.03. The maximum absolute atomic E-state index is 15.1. The van der Waals surface area contributed by atoms with Crippen LogP contribution in [0.3, 0.4) is 0 Å². The second kappa shape index (κ2) is 15.3. The van der Waals surface area contributed by atoms with Crippen molar-refractivity contribution < 1.29 is 50.1 Å². The summed E-state index contributed by atoms with van der Waals surface area (Å²) in [5.41, 5.74) is 1.85. The van der Waals surface area contributed by atoms with E-state index in [9.17, 15) is 45.6 Å². The van der Waals surface area contributed by atoms with E-state index in [0.717, 1.165) is 34.9 Å². The smallest absolute Gasteiger partial charge is 0.200 e. The summed E-state index contributed by atoms with van der Waals surface area (Å²) < 4.78 is 6.52. The van der Waals surface area contributed by atoms with Gasteiger partial charge >= 0.3 is 0 Å². The quantitative estimate of drug-likeness (QED) is 0.0526.